The molecule has 1 aromatic rings. The van der Waals surface area contributed by atoms with Crippen LogP contribution in [0.1, 0.15) is 44.2 Å². The number of nitrogens with one attached hydrogen (secondary N) is 1. The Bertz CT molecular complexity index is 444. The smallest absolute Gasteiger partial charge is 0.164 e. The molecule has 0 radical (unpaired) electrons. The van der Waals surface area contributed by atoms with Crippen molar-refractivity contribution in [1.82, 2.24) is 10.2 Å². The molecule has 98 valence electrons. The standard InChI is InChI=1S/C14H20ClN3/c15-12-11(17-18-13(12)16)7-14-4-8-1-9(5-14)3-10(2-8)6-14/h8-10H,1-7H2,(H3,16,17,18). The first-order valence-electron chi connectivity index (χ1n) is 7.12. The maximum Gasteiger partial charge on any atom is 0.164 e. The molecular formula is C14H20ClN3. The number of halogens is 1. The average molecular weight is 266 g/mol. The van der Waals surface area contributed by atoms with Gasteiger partial charge in [0.25, 0.3) is 0 Å². The highest BCUT2D eigenvalue weighted by atomic mass is 35.5. The highest BCUT2D eigenvalue weighted by Gasteiger charge is 2.51. The molecule has 3 N–H and O–H groups in total. The van der Waals surface area contributed by atoms with E-state index in [4.69, 9.17) is 17.3 Å². The number of aromatic nitrogens is 2. The molecule has 0 atom stereocenters. The lowest BCUT2D eigenvalue weighted by atomic mass is 9.48. The molecule has 4 aliphatic rings. The van der Waals surface area contributed by atoms with E-state index in [2.05, 4.69) is 10.2 Å². The van der Waals surface area contributed by atoms with Crippen molar-refractivity contribution in [3.8, 4) is 0 Å². The van der Waals surface area contributed by atoms with Crippen LogP contribution in [0.5, 0.6) is 0 Å². The van der Waals surface area contributed by atoms with Gasteiger partial charge < -0.3 is 5.73 Å². The third-order valence-corrected chi connectivity index (χ3v) is 5.94. The first-order valence-corrected chi connectivity index (χ1v) is 7.49. The number of nitrogen functional groups attached to an aromatic ring is 1. The van der Waals surface area contributed by atoms with E-state index in [0.717, 1.165) is 29.9 Å². The minimum Gasteiger partial charge on any atom is -0.381 e. The molecule has 18 heavy (non-hydrogen) atoms. The lowest BCUT2D eigenvalue weighted by molar-refractivity contribution is -0.0526. The van der Waals surface area contributed by atoms with Crippen LogP contribution < -0.4 is 5.73 Å². The molecule has 1 aromatic heterocycles. The summed E-state index contributed by atoms with van der Waals surface area (Å²) in [5.74, 6) is 3.40. The summed E-state index contributed by atoms with van der Waals surface area (Å²) in [5, 5.41) is 7.74. The van der Waals surface area contributed by atoms with Gasteiger partial charge in [-0.25, -0.2) is 0 Å². The number of aromatic amines is 1. The Morgan fingerprint density at radius 3 is 2.17 bits per heavy atom. The summed E-state index contributed by atoms with van der Waals surface area (Å²) in [5.41, 5.74) is 7.30. The van der Waals surface area contributed by atoms with Gasteiger partial charge in [-0.15, -0.1) is 0 Å². The first kappa shape index (κ1) is 11.2. The van der Waals surface area contributed by atoms with Crippen molar-refractivity contribution in [1.29, 1.82) is 0 Å². The van der Waals surface area contributed by atoms with Crippen LogP contribution in [0.25, 0.3) is 0 Å². The predicted molar refractivity (Wildman–Crippen MR) is 72.3 cm³/mol. The summed E-state index contributed by atoms with van der Waals surface area (Å²) in [6, 6.07) is 0. The Hall–Kier alpha value is -0.700. The van der Waals surface area contributed by atoms with Gasteiger partial charge >= 0.3 is 0 Å². The van der Waals surface area contributed by atoms with E-state index in [0.29, 0.717) is 16.3 Å². The van der Waals surface area contributed by atoms with Gasteiger partial charge in [-0.05, 0) is 68.1 Å². The molecular weight excluding hydrogens is 246 g/mol. The highest BCUT2D eigenvalue weighted by molar-refractivity contribution is 6.33. The second-order valence-electron chi connectivity index (χ2n) is 7.00. The summed E-state index contributed by atoms with van der Waals surface area (Å²) in [7, 11) is 0. The van der Waals surface area contributed by atoms with Crippen LogP contribution in [0, 0.1) is 23.2 Å². The van der Waals surface area contributed by atoms with E-state index in [1.807, 2.05) is 0 Å². The molecule has 4 fully saturated rings. The zero-order valence-electron chi connectivity index (χ0n) is 10.6. The van der Waals surface area contributed by atoms with Gasteiger partial charge in [-0.2, -0.15) is 5.10 Å². The lowest BCUT2D eigenvalue weighted by Gasteiger charge is -2.57. The Balaban J connectivity index is 1.62. The van der Waals surface area contributed by atoms with Crippen molar-refractivity contribution >= 4 is 17.4 Å². The maximum absolute atomic E-state index is 6.23. The third kappa shape index (κ3) is 1.59. The van der Waals surface area contributed by atoms with Crippen molar-refractivity contribution in [3.05, 3.63) is 10.7 Å². The average Bonchev–Trinajstić information content (AvgIpc) is 2.58. The molecule has 0 aliphatic heterocycles. The molecule has 4 aliphatic carbocycles. The number of nitrogens with zero attached hydrogens (tertiary/aromatic N) is 1. The quantitative estimate of drug-likeness (QED) is 0.861. The van der Waals surface area contributed by atoms with Crippen molar-refractivity contribution in [2.75, 3.05) is 5.73 Å². The summed E-state index contributed by atoms with van der Waals surface area (Å²) >= 11 is 6.23. The molecule has 0 aromatic carbocycles. The zero-order valence-corrected chi connectivity index (χ0v) is 11.3. The highest BCUT2D eigenvalue weighted by Crippen LogP contribution is 2.61. The van der Waals surface area contributed by atoms with Crippen LogP contribution in [0.15, 0.2) is 0 Å². The third-order valence-electron chi connectivity index (χ3n) is 5.52. The SMILES string of the molecule is Nc1n[nH]c(CC23CC4CC(CC(C4)C2)C3)c1Cl. The van der Waals surface area contributed by atoms with Crippen LogP contribution in [0.2, 0.25) is 5.02 Å². The molecule has 4 saturated carbocycles. The van der Waals surface area contributed by atoms with Crippen LogP contribution in [0.3, 0.4) is 0 Å². The van der Waals surface area contributed by atoms with Crippen molar-refractivity contribution in [3.63, 3.8) is 0 Å². The number of hydrogen-bond acceptors (Lipinski definition) is 2. The number of rotatable bonds is 2. The van der Waals surface area contributed by atoms with Crippen molar-refractivity contribution in [2.24, 2.45) is 23.2 Å². The van der Waals surface area contributed by atoms with Gasteiger partial charge in [0.2, 0.25) is 0 Å². The van der Waals surface area contributed by atoms with E-state index >= 15 is 0 Å². The van der Waals surface area contributed by atoms with Crippen molar-refractivity contribution in [2.45, 2.75) is 44.9 Å². The van der Waals surface area contributed by atoms with Gasteiger partial charge in [0, 0.05) is 0 Å². The normalized spacial score (nSPS) is 41.5. The molecule has 5 rings (SSSR count). The van der Waals surface area contributed by atoms with Gasteiger partial charge in [0.15, 0.2) is 5.82 Å². The van der Waals surface area contributed by atoms with Crippen molar-refractivity contribution < 1.29 is 0 Å². The number of hydrogen-bond donors (Lipinski definition) is 2. The fraction of sp³-hybridized carbons (Fsp3) is 0.786. The van der Waals surface area contributed by atoms with Gasteiger partial charge in [-0.3, -0.25) is 5.10 Å². The second-order valence-corrected chi connectivity index (χ2v) is 7.37. The second kappa shape index (κ2) is 3.66. The molecule has 0 unspecified atom stereocenters. The number of H-pyrrole nitrogens is 1. The molecule has 1 heterocycles. The van der Waals surface area contributed by atoms with Crippen LogP contribution >= 0.6 is 11.6 Å². The van der Waals surface area contributed by atoms with E-state index in [1.165, 1.54) is 38.5 Å². The van der Waals surface area contributed by atoms with Gasteiger partial charge in [0.1, 0.15) is 5.02 Å². The fourth-order valence-electron chi connectivity index (χ4n) is 5.38. The van der Waals surface area contributed by atoms with E-state index in [9.17, 15) is 0 Å². The maximum atomic E-state index is 6.23. The van der Waals surface area contributed by atoms with E-state index in [-0.39, 0.29) is 0 Å². The summed E-state index contributed by atoms with van der Waals surface area (Å²) in [6.45, 7) is 0. The Morgan fingerprint density at radius 1 is 1.17 bits per heavy atom. The molecule has 0 spiro atoms. The minimum absolute atomic E-state index is 0.455. The molecule has 0 amide bonds. The minimum atomic E-state index is 0.455. The van der Waals surface area contributed by atoms with E-state index in [1.54, 1.807) is 0 Å². The predicted octanol–water partition coefficient (Wildman–Crippen LogP) is 3.40. The Morgan fingerprint density at radius 2 is 1.72 bits per heavy atom. The zero-order chi connectivity index (χ0) is 12.3. The summed E-state index contributed by atoms with van der Waals surface area (Å²) < 4.78 is 0. The monoisotopic (exact) mass is 265 g/mol. The van der Waals surface area contributed by atoms with E-state index < -0.39 is 0 Å². The van der Waals surface area contributed by atoms with Crippen LogP contribution in [-0.2, 0) is 6.42 Å². The Kier molecular flexibility index (Phi) is 2.27. The molecule has 4 heteroatoms. The fourth-order valence-corrected chi connectivity index (χ4v) is 5.53. The van der Waals surface area contributed by atoms with Crippen LogP contribution in [-0.4, -0.2) is 10.2 Å². The summed E-state index contributed by atoms with van der Waals surface area (Å²) in [4.78, 5) is 0. The first-order chi connectivity index (χ1) is 8.63. The van der Waals surface area contributed by atoms with Gasteiger partial charge in [0.05, 0.1) is 5.69 Å². The van der Waals surface area contributed by atoms with Crippen LogP contribution in [0.4, 0.5) is 5.82 Å². The Labute approximate surface area is 112 Å². The number of nitrogens with two attached hydrogens (primary N) is 1. The molecule has 0 saturated heterocycles. The molecule has 4 bridgehead atoms. The largest absolute Gasteiger partial charge is 0.381 e. The number of anilines is 1. The summed E-state index contributed by atoms with van der Waals surface area (Å²) in [6.07, 6.45) is 9.70. The topological polar surface area (TPSA) is 54.7 Å². The lowest BCUT2D eigenvalue weighted by Crippen LogP contribution is -2.47. The molecule has 3 nitrogen and oxygen atoms in total. The van der Waals surface area contributed by atoms with Gasteiger partial charge in [-0.1, -0.05) is 11.6 Å².